The first kappa shape index (κ1) is 19.0. The third kappa shape index (κ3) is 4.13. The Labute approximate surface area is 149 Å². The van der Waals surface area contributed by atoms with Gasteiger partial charge >= 0.3 is 12.3 Å². The molecule has 1 aromatic carbocycles. The van der Waals surface area contributed by atoms with Gasteiger partial charge < -0.3 is 9.47 Å². The van der Waals surface area contributed by atoms with Gasteiger partial charge in [-0.3, -0.25) is 0 Å². The van der Waals surface area contributed by atoms with Gasteiger partial charge in [0.25, 0.3) is 0 Å². The summed E-state index contributed by atoms with van der Waals surface area (Å²) in [5.41, 5.74) is 1.23. The van der Waals surface area contributed by atoms with E-state index >= 15 is 0 Å². The Morgan fingerprint density at radius 1 is 1.04 bits per heavy atom. The van der Waals surface area contributed by atoms with E-state index in [9.17, 15) is 22.0 Å². The molecule has 0 fully saturated rings. The minimum atomic E-state index is -4.82. The molecule has 2 heterocycles. The van der Waals surface area contributed by atoms with Gasteiger partial charge in [-0.1, -0.05) is 0 Å². The molecule has 0 aliphatic heterocycles. The number of hydrogen-bond donors (Lipinski definition) is 0. The van der Waals surface area contributed by atoms with Crippen LogP contribution in [-0.4, -0.2) is 33.3 Å². The molecule has 0 saturated carbocycles. The first-order valence-electron chi connectivity index (χ1n) is 7.57. The van der Waals surface area contributed by atoms with Crippen molar-refractivity contribution < 1.29 is 31.4 Å². The van der Waals surface area contributed by atoms with Gasteiger partial charge in [0.1, 0.15) is 5.75 Å². The van der Waals surface area contributed by atoms with Gasteiger partial charge in [0.15, 0.2) is 5.65 Å². The van der Waals surface area contributed by atoms with Crippen LogP contribution in [0.1, 0.15) is 18.3 Å². The van der Waals surface area contributed by atoms with Crippen molar-refractivity contribution in [2.75, 3.05) is 7.11 Å². The minimum Gasteiger partial charge on any atom is -0.406 e. The Bertz CT molecular complexity index is 948. The number of halogens is 5. The molecule has 0 unspecified atom stereocenters. The summed E-state index contributed by atoms with van der Waals surface area (Å²) in [5, 5.41) is 11.3. The Balaban J connectivity index is 2.09. The van der Waals surface area contributed by atoms with Crippen molar-refractivity contribution in [3.05, 3.63) is 41.7 Å². The lowest BCUT2D eigenvalue weighted by Gasteiger charge is -2.12. The number of ether oxygens (including phenoxy) is 2. The summed E-state index contributed by atoms with van der Waals surface area (Å²) < 4.78 is 74.1. The largest absolute Gasteiger partial charge is 0.573 e. The van der Waals surface area contributed by atoms with E-state index in [1.54, 1.807) is 0 Å². The van der Waals surface area contributed by atoms with E-state index in [0.717, 1.165) is 16.6 Å². The van der Waals surface area contributed by atoms with Crippen molar-refractivity contribution >= 4 is 5.65 Å². The van der Waals surface area contributed by atoms with Gasteiger partial charge in [-0.05, 0) is 30.3 Å². The van der Waals surface area contributed by atoms with Crippen LogP contribution in [0.2, 0.25) is 0 Å². The second kappa shape index (κ2) is 6.72. The number of benzene rings is 1. The summed E-state index contributed by atoms with van der Waals surface area (Å²) in [4.78, 5) is 0. The van der Waals surface area contributed by atoms with Gasteiger partial charge in [0, 0.05) is 25.2 Å². The Hall–Kier alpha value is -2.82. The zero-order valence-corrected chi connectivity index (χ0v) is 14.1. The summed E-state index contributed by atoms with van der Waals surface area (Å²) in [6, 6.07) is 6.36. The predicted molar refractivity (Wildman–Crippen MR) is 83.2 cm³/mol. The van der Waals surface area contributed by atoms with Crippen LogP contribution < -0.4 is 4.74 Å². The van der Waals surface area contributed by atoms with Crippen molar-refractivity contribution in [3.8, 4) is 17.0 Å². The fraction of sp³-hybridized carbons (Fsp3) is 0.312. The highest BCUT2D eigenvalue weighted by atomic mass is 19.4. The number of fused-ring (bicyclic) bond motifs is 1. The summed E-state index contributed by atoms with van der Waals surface area (Å²) in [7, 11) is 1.43. The van der Waals surface area contributed by atoms with E-state index in [1.807, 2.05) is 0 Å². The number of methoxy groups -OCH3 is 1. The quantitative estimate of drug-likeness (QED) is 0.620. The average Bonchev–Trinajstić information content (AvgIpc) is 2.97. The lowest BCUT2D eigenvalue weighted by molar-refractivity contribution is -0.274. The predicted octanol–water partition coefficient (Wildman–Crippen LogP) is 3.95. The molecule has 0 aliphatic carbocycles. The van der Waals surface area contributed by atoms with Crippen LogP contribution in [-0.2, 0) is 17.3 Å². The number of alkyl halides is 5. The van der Waals surface area contributed by atoms with E-state index in [1.165, 1.54) is 25.3 Å². The van der Waals surface area contributed by atoms with Gasteiger partial charge in [0.05, 0.1) is 12.3 Å². The highest BCUT2D eigenvalue weighted by Gasteiger charge is 2.32. The van der Waals surface area contributed by atoms with Crippen molar-refractivity contribution in [1.29, 1.82) is 0 Å². The van der Waals surface area contributed by atoms with Gasteiger partial charge in [-0.25, -0.2) is 0 Å². The summed E-state index contributed by atoms with van der Waals surface area (Å²) in [6.07, 6.45) is -4.82. The van der Waals surface area contributed by atoms with E-state index < -0.39 is 23.9 Å². The van der Waals surface area contributed by atoms with Crippen molar-refractivity contribution in [2.24, 2.45) is 0 Å². The maximum atomic E-state index is 13.7. The number of aromatic nitrogens is 4. The normalized spacial score (nSPS) is 12.6. The molecule has 0 saturated heterocycles. The smallest absolute Gasteiger partial charge is 0.406 e. The molecule has 0 amide bonds. The molecule has 27 heavy (non-hydrogen) atoms. The highest BCUT2D eigenvalue weighted by molar-refractivity contribution is 5.65. The van der Waals surface area contributed by atoms with E-state index in [4.69, 9.17) is 4.74 Å². The summed E-state index contributed by atoms with van der Waals surface area (Å²) in [5.74, 6) is -4.35. The van der Waals surface area contributed by atoms with Crippen molar-refractivity contribution in [2.45, 2.75) is 25.8 Å². The second-order valence-electron chi connectivity index (χ2n) is 5.71. The zero-order chi connectivity index (χ0) is 19.8. The molecule has 0 N–H and O–H groups in total. The summed E-state index contributed by atoms with van der Waals surface area (Å²) in [6.45, 7) is 0.751. The Kier molecular flexibility index (Phi) is 4.72. The molecule has 11 heteroatoms. The maximum absolute atomic E-state index is 13.7. The molecule has 0 spiro atoms. The third-order valence-corrected chi connectivity index (χ3v) is 3.53. The van der Waals surface area contributed by atoms with E-state index in [0.29, 0.717) is 18.1 Å². The zero-order valence-electron chi connectivity index (χ0n) is 14.1. The first-order valence-corrected chi connectivity index (χ1v) is 7.57. The van der Waals surface area contributed by atoms with Crippen LogP contribution >= 0.6 is 0 Å². The standard InChI is InChI=1S/C16H13F5N4O2/c1-15(17,18)14-23-22-12-7-10(8-26-2)13(24-25(12)14)9-3-5-11(6-4-9)27-16(19,20)21/h3-7H,8H2,1-2H3. The molecule has 6 nitrogen and oxygen atoms in total. The molecular weight excluding hydrogens is 375 g/mol. The molecule has 3 rings (SSSR count). The summed E-state index contributed by atoms with van der Waals surface area (Å²) >= 11 is 0. The van der Waals surface area contributed by atoms with Crippen LogP contribution in [0.4, 0.5) is 22.0 Å². The van der Waals surface area contributed by atoms with E-state index in [2.05, 4.69) is 20.0 Å². The first-order chi connectivity index (χ1) is 12.6. The minimum absolute atomic E-state index is 0.0876. The van der Waals surface area contributed by atoms with Crippen LogP contribution in [0, 0.1) is 0 Å². The molecule has 0 bridgehead atoms. The molecule has 3 aromatic rings. The molecule has 2 aromatic heterocycles. The topological polar surface area (TPSA) is 61.5 Å². The molecule has 0 radical (unpaired) electrons. The molecular formula is C16H13F5N4O2. The SMILES string of the molecule is COCc1cc2nnc(C(C)(F)F)n2nc1-c1ccc(OC(F)(F)F)cc1. The lowest BCUT2D eigenvalue weighted by atomic mass is 10.1. The number of rotatable bonds is 5. The van der Waals surface area contributed by atoms with Gasteiger partial charge in [0.2, 0.25) is 5.82 Å². The van der Waals surface area contributed by atoms with Crippen LogP contribution in [0.15, 0.2) is 30.3 Å². The Morgan fingerprint density at radius 3 is 2.26 bits per heavy atom. The van der Waals surface area contributed by atoms with Crippen molar-refractivity contribution in [1.82, 2.24) is 19.8 Å². The molecule has 144 valence electrons. The molecule has 0 aliphatic rings. The maximum Gasteiger partial charge on any atom is 0.573 e. The highest BCUT2D eigenvalue weighted by Crippen LogP contribution is 2.30. The molecule has 0 atom stereocenters. The fourth-order valence-electron chi connectivity index (χ4n) is 2.47. The number of nitrogens with zero attached hydrogens (tertiary/aromatic N) is 4. The van der Waals surface area contributed by atoms with Gasteiger partial charge in [-0.15, -0.1) is 23.4 Å². The van der Waals surface area contributed by atoms with Crippen LogP contribution in [0.5, 0.6) is 5.75 Å². The van der Waals surface area contributed by atoms with Gasteiger partial charge in [-0.2, -0.15) is 18.4 Å². The van der Waals surface area contributed by atoms with E-state index in [-0.39, 0.29) is 17.9 Å². The average molecular weight is 388 g/mol. The van der Waals surface area contributed by atoms with Crippen molar-refractivity contribution in [3.63, 3.8) is 0 Å². The monoisotopic (exact) mass is 388 g/mol. The third-order valence-electron chi connectivity index (χ3n) is 3.53. The second-order valence-corrected chi connectivity index (χ2v) is 5.71. The van der Waals surface area contributed by atoms with Crippen LogP contribution in [0.25, 0.3) is 16.9 Å². The number of hydrogen-bond acceptors (Lipinski definition) is 5. The fourth-order valence-corrected chi connectivity index (χ4v) is 2.47. The Morgan fingerprint density at radius 2 is 1.70 bits per heavy atom. The van der Waals surface area contributed by atoms with Crippen LogP contribution in [0.3, 0.4) is 0 Å². The lowest BCUT2D eigenvalue weighted by Crippen LogP contribution is -2.17.